The number of aromatic nitrogens is 3. The SMILES string of the molecule is CC(C)OCCCNC(=O)CSc1n[nH]c(=O)n1Cc1ccccc1. The Balaban J connectivity index is 1.79. The first-order valence-corrected chi connectivity index (χ1v) is 9.25. The summed E-state index contributed by atoms with van der Waals surface area (Å²) in [5.41, 5.74) is 0.722. The third-order valence-corrected chi connectivity index (χ3v) is 4.31. The smallest absolute Gasteiger partial charge is 0.344 e. The van der Waals surface area contributed by atoms with E-state index in [9.17, 15) is 9.59 Å². The molecule has 2 aromatic rings. The van der Waals surface area contributed by atoms with Gasteiger partial charge in [-0.15, -0.1) is 5.10 Å². The zero-order chi connectivity index (χ0) is 18.1. The number of rotatable bonds is 10. The van der Waals surface area contributed by atoms with Gasteiger partial charge in [-0.25, -0.2) is 9.89 Å². The number of nitrogens with one attached hydrogen (secondary N) is 2. The van der Waals surface area contributed by atoms with Gasteiger partial charge in [0.15, 0.2) is 5.16 Å². The highest BCUT2D eigenvalue weighted by Crippen LogP contribution is 2.14. The second-order valence-corrected chi connectivity index (χ2v) is 6.74. The lowest BCUT2D eigenvalue weighted by Crippen LogP contribution is -2.27. The van der Waals surface area contributed by atoms with E-state index in [1.54, 1.807) is 0 Å². The molecule has 0 atom stereocenters. The Hall–Kier alpha value is -2.06. The quantitative estimate of drug-likeness (QED) is 0.494. The van der Waals surface area contributed by atoms with Crippen LogP contribution in [0.4, 0.5) is 0 Å². The molecule has 0 aliphatic carbocycles. The number of nitrogens with zero attached hydrogens (tertiary/aromatic N) is 2. The van der Waals surface area contributed by atoms with Crippen LogP contribution in [0.15, 0.2) is 40.3 Å². The van der Waals surface area contributed by atoms with Crippen LogP contribution in [0.3, 0.4) is 0 Å². The van der Waals surface area contributed by atoms with Crippen LogP contribution in [0.2, 0.25) is 0 Å². The summed E-state index contributed by atoms with van der Waals surface area (Å²) < 4.78 is 6.95. The minimum absolute atomic E-state index is 0.0868. The van der Waals surface area contributed by atoms with E-state index in [4.69, 9.17) is 4.74 Å². The Labute approximate surface area is 151 Å². The van der Waals surface area contributed by atoms with Crippen molar-refractivity contribution in [1.29, 1.82) is 0 Å². The van der Waals surface area contributed by atoms with Crippen molar-refractivity contribution in [3.63, 3.8) is 0 Å². The number of hydrogen-bond acceptors (Lipinski definition) is 5. The van der Waals surface area contributed by atoms with Crippen molar-refractivity contribution in [3.05, 3.63) is 46.4 Å². The first kappa shape index (κ1) is 19.3. The maximum atomic E-state index is 11.9. The Bertz CT molecular complexity index is 712. The fourth-order valence-electron chi connectivity index (χ4n) is 2.12. The third kappa shape index (κ3) is 6.75. The number of H-pyrrole nitrogens is 1. The number of hydrogen-bond donors (Lipinski definition) is 2. The van der Waals surface area contributed by atoms with Crippen molar-refractivity contribution < 1.29 is 9.53 Å². The van der Waals surface area contributed by atoms with E-state index in [2.05, 4.69) is 15.5 Å². The van der Waals surface area contributed by atoms with Crippen LogP contribution in [0.25, 0.3) is 0 Å². The van der Waals surface area contributed by atoms with Gasteiger partial charge in [-0.1, -0.05) is 42.1 Å². The lowest BCUT2D eigenvalue weighted by molar-refractivity contribution is -0.118. The van der Waals surface area contributed by atoms with E-state index in [0.29, 0.717) is 24.9 Å². The van der Waals surface area contributed by atoms with Crippen LogP contribution in [0.1, 0.15) is 25.8 Å². The van der Waals surface area contributed by atoms with Crippen molar-refractivity contribution in [1.82, 2.24) is 20.1 Å². The van der Waals surface area contributed by atoms with E-state index in [1.165, 1.54) is 16.3 Å². The summed E-state index contributed by atoms with van der Waals surface area (Å²) in [6, 6.07) is 9.65. The highest BCUT2D eigenvalue weighted by Gasteiger charge is 2.11. The predicted molar refractivity (Wildman–Crippen MR) is 97.8 cm³/mol. The van der Waals surface area contributed by atoms with Gasteiger partial charge in [0, 0.05) is 13.2 Å². The number of amides is 1. The van der Waals surface area contributed by atoms with Crippen molar-refractivity contribution in [3.8, 4) is 0 Å². The van der Waals surface area contributed by atoms with E-state index in [0.717, 1.165) is 12.0 Å². The van der Waals surface area contributed by atoms with Crippen molar-refractivity contribution >= 4 is 17.7 Å². The second kappa shape index (κ2) is 10.0. The van der Waals surface area contributed by atoms with Gasteiger partial charge >= 0.3 is 5.69 Å². The fourth-order valence-corrected chi connectivity index (χ4v) is 2.89. The molecule has 0 spiro atoms. The lowest BCUT2D eigenvalue weighted by Gasteiger charge is -2.08. The minimum Gasteiger partial charge on any atom is -0.379 e. The molecular weight excluding hydrogens is 340 g/mol. The van der Waals surface area contributed by atoms with Gasteiger partial charge in [0.05, 0.1) is 18.4 Å². The summed E-state index contributed by atoms with van der Waals surface area (Å²) in [6.45, 7) is 5.58. The highest BCUT2D eigenvalue weighted by atomic mass is 32.2. The van der Waals surface area contributed by atoms with Crippen molar-refractivity contribution in [2.75, 3.05) is 18.9 Å². The predicted octanol–water partition coefficient (Wildman–Crippen LogP) is 1.64. The maximum absolute atomic E-state index is 11.9. The summed E-state index contributed by atoms with van der Waals surface area (Å²) >= 11 is 1.24. The molecule has 1 aromatic heterocycles. The Morgan fingerprint density at radius 3 is 2.84 bits per heavy atom. The molecule has 1 amide bonds. The molecule has 8 heteroatoms. The molecule has 0 unspecified atom stereocenters. The lowest BCUT2D eigenvalue weighted by atomic mass is 10.2. The summed E-state index contributed by atoms with van der Waals surface area (Å²) in [5, 5.41) is 9.79. The van der Waals surface area contributed by atoms with Gasteiger partial charge in [-0.3, -0.25) is 9.36 Å². The van der Waals surface area contributed by atoms with E-state index < -0.39 is 0 Å². The molecule has 136 valence electrons. The maximum Gasteiger partial charge on any atom is 0.344 e. The van der Waals surface area contributed by atoms with E-state index >= 15 is 0 Å². The summed E-state index contributed by atoms with van der Waals surface area (Å²) in [4.78, 5) is 23.8. The van der Waals surface area contributed by atoms with Crippen LogP contribution in [0.5, 0.6) is 0 Å². The normalized spacial score (nSPS) is 11.0. The van der Waals surface area contributed by atoms with Crippen LogP contribution < -0.4 is 11.0 Å². The average molecular weight is 364 g/mol. The van der Waals surface area contributed by atoms with Crippen LogP contribution >= 0.6 is 11.8 Å². The Kier molecular flexibility index (Phi) is 7.75. The molecule has 7 nitrogen and oxygen atoms in total. The molecule has 25 heavy (non-hydrogen) atoms. The molecule has 0 radical (unpaired) electrons. The Morgan fingerprint density at radius 2 is 2.12 bits per heavy atom. The van der Waals surface area contributed by atoms with Gasteiger partial charge in [-0.2, -0.15) is 0 Å². The van der Waals surface area contributed by atoms with Crippen LogP contribution in [0, 0.1) is 0 Å². The number of aromatic amines is 1. The molecule has 1 heterocycles. The number of carbonyl (C=O) groups is 1. The highest BCUT2D eigenvalue weighted by molar-refractivity contribution is 7.99. The topological polar surface area (TPSA) is 89.0 Å². The zero-order valence-electron chi connectivity index (χ0n) is 14.5. The number of carbonyl (C=O) groups excluding carboxylic acids is 1. The van der Waals surface area contributed by atoms with Gasteiger partial charge in [-0.05, 0) is 25.8 Å². The molecule has 0 saturated carbocycles. The third-order valence-electron chi connectivity index (χ3n) is 3.33. The van der Waals surface area contributed by atoms with Crippen LogP contribution in [-0.4, -0.2) is 45.7 Å². The standard InChI is InChI=1S/C17H24N4O3S/c1-13(2)24-10-6-9-18-15(22)12-25-17-20-19-16(23)21(17)11-14-7-4-3-5-8-14/h3-5,7-8,13H,6,9-12H2,1-2H3,(H,18,22)(H,19,23). The summed E-state index contributed by atoms with van der Waals surface area (Å²) in [5.74, 6) is 0.126. The molecule has 0 bridgehead atoms. The largest absolute Gasteiger partial charge is 0.379 e. The number of ether oxygens (including phenoxy) is 1. The zero-order valence-corrected chi connectivity index (χ0v) is 15.3. The fraction of sp³-hybridized carbons (Fsp3) is 0.471. The van der Waals surface area contributed by atoms with Crippen molar-refractivity contribution in [2.24, 2.45) is 0 Å². The molecule has 0 fully saturated rings. The van der Waals surface area contributed by atoms with E-state index in [1.807, 2.05) is 44.2 Å². The molecule has 1 aromatic carbocycles. The monoisotopic (exact) mass is 364 g/mol. The van der Waals surface area contributed by atoms with E-state index in [-0.39, 0.29) is 23.5 Å². The number of benzene rings is 1. The van der Waals surface area contributed by atoms with Crippen molar-refractivity contribution in [2.45, 2.75) is 38.1 Å². The molecule has 2 rings (SSSR count). The van der Waals surface area contributed by atoms with Gasteiger partial charge in [0.2, 0.25) is 5.91 Å². The summed E-state index contributed by atoms with van der Waals surface area (Å²) in [6.07, 6.45) is 0.975. The molecular formula is C17H24N4O3S. The first-order valence-electron chi connectivity index (χ1n) is 8.26. The molecule has 0 aliphatic heterocycles. The average Bonchev–Trinajstić information content (AvgIpc) is 2.93. The number of thioether (sulfide) groups is 1. The van der Waals surface area contributed by atoms with Crippen LogP contribution in [-0.2, 0) is 16.1 Å². The molecule has 2 N–H and O–H groups in total. The van der Waals surface area contributed by atoms with Gasteiger partial charge in [0.1, 0.15) is 0 Å². The van der Waals surface area contributed by atoms with Gasteiger partial charge < -0.3 is 10.1 Å². The molecule has 0 saturated heterocycles. The second-order valence-electron chi connectivity index (χ2n) is 5.79. The minimum atomic E-state index is -0.280. The van der Waals surface area contributed by atoms with Gasteiger partial charge in [0.25, 0.3) is 0 Å². The first-order chi connectivity index (χ1) is 12.1. The molecule has 0 aliphatic rings. The summed E-state index contributed by atoms with van der Waals surface area (Å²) in [7, 11) is 0. The Morgan fingerprint density at radius 1 is 1.36 bits per heavy atom.